The molecule has 0 atom stereocenters. The molecule has 0 fully saturated rings. The van der Waals surface area contributed by atoms with Gasteiger partial charge in [0.15, 0.2) is 0 Å². The third kappa shape index (κ3) is 3.77. The first-order valence-corrected chi connectivity index (χ1v) is 6.72. The van der Waals surface area contributed by atoms with Gasteiger partial charge in [-0.25, -0.2) is 4.39 Å². The molecule has 0 unspecified atom stereocenters. The van der Waals surface area contributed by atoms with Crippen LogP contribution >= 0.6 is 0 Å². The second kappa shape index (κ2) is 6.66. The van der Waals surface area contributed by atoms with Gasteiger partial charge in [-0.1, -0.05) is 13.8 Å². The van der Waals surface area contributed by atoms with Crippen molar-refractivity contribution >= 4 is 5.91 Å². The van der Waals surface area contributed by atoms with Gasteiger partial charge in [-0.3, -0.25) is 4.79 Å². The molecule has 19 heavy (non-hydrogen) atoms. The number of aryl methyl sites for hydroxylation is 1. The number of benzene rings is 1. The molecule has 3 nitrogen and oxygen atoms in total. The van der Waals surface area contributed by atoms with Crippen molar-refractivity contribution in [3.63, 3.8) is 0 Å². The number of nitrogens with one attached hydrogen (secondary N) is 1. The van der Waals surface area contributed by atoms with E-state index in [0.717, 1.165) is 12.8 Å². The summed E-state index contributed by atoms with van der Waals surface area (Å²) in [6.45, 7) is 6.97. The van der Waals surface area contributed by atoms with Gasteiger partial charge in [0.1, 0.15) is 5.82 Å². The molecular formula is C15H23FN2O. The zero-order chi connectivity index (χ0) is 14.5. The van der Waals surface area contributed by atoms with E-state index in [2.05, 4.69) is 19.2 Å². The molecule has 0 aliphatic heterocycles. The van der Waals surface area contributed by atoms with Gasteiger partial charge in [-0.15, -0.1) is 0 Å². The first kappa shape index (κ1) is 15.6. The average Bonchev–Trinajstić information content (AvgIpc) is 2.40. The van der Waals surface area contributed by atoms with Gasteiger partial charge >= 0.3 is 0 Å². The van der Waals surface area contributed by atoms with Crippen LogP contribution in [0.25, 0.3) is 0 Å². The van der Waals surface area contributed by atoms with Gasteiger partial charge < -0.3 is 11.1 Å². The number of carbonyl (C=O) groups excluding carboxylic acids is 1. The molecule has 0 aliphatic carbocycles. The number of rotatable bonds is 6. The molecule has 0 spiro atoms. The monoisotopic (exact) mass is 266 g/mol. The van der Waals surface area contributed by atoms with E-state index in [4.69, 9.17) is 5.73 Å². The van der Waals surface area contributed by atoms with Gasteiger partial charge in [0, 0.05) is 12.1 Å². The lowest BCUT2D eigenvalue weighted by molar-refractivity contribution is 0.0927. The Morgan fingerprint density at radius 2 is 2.00 bits per heavy atom. The molecule has 0 saturated heterocycles. The molecule has 0 aromatic heterocycles. The number of amides is 1. The van der Waals surface area contributed by atoms with Crippen molar-refractivity contribution in [2.75, 3.05) is 13.1 Å². The number of carbonyl (C=O) groups is 1. The van der Waals surface area contributed by atoms with Gasteiger partial charge in [-0.05, 0) is 55.5 Å². The molecule has 4 heteroatoms. The molecule has 3 N–H and O–H groups in total. The first-order valence-electron chi connectivity index (χ1n) is 6.72. The minimum Gasteiger partial charge on any atom is -0.351 e. The molecule has 0 saturated carbocycles. The van der Waals surface area contributed by atoms with Crippen molar-refractivity contribution in [2.24, 2.45) is 11.1 Å². The standard InChI is InChI=1S/C15H23FN2O/c1-4-15(5-2,9-17)10-18-14(19)13-7-6-12(16)8-11(13)3/h6-8H,4-5,9-10,17H2,1-3H3,(H,18,19). The van der Waals surface area contributed by atoms with Gasteiger partial charge in [0.05, 0.1) is 0 Å². The predicted molar refractivity (Wildman–Crippen MR) is 75.5 cm³/mol. The zero-order valence-corrected chi connectivity index (χ0v) is 11.9. The van der Waals surface area contributed by atoms with Crippen LogP contribution in [0.5, 0.6) is 0 Å². The largest absolute Gasteiger partial charge is 0.351 e. The van der Waals surface area contributed by atoms with E-state index in [9.17, 15) is 9.18 Å². The highest BCUT2D eigenvalue weighted by molar-refractivity contribution is 5.95. The predicted octanol–water partition coefficient (Wildman–Crippen LogP) is 2.63. The Morgan fingerprint density at radius 1 is 1.37 bits per heavy atom. The normalized spacial score (nSPS) is 11.4. The third-order valence-electron chi connectivity index (χ3n) is 3.99. The van der Waals surface area contributed by atoms with Crippen LogP contribution in [0.4, 0.5) is 4.39 Å². The molecule has 0 heterocycles. The summed E-state index contributed by atoms with van der Waals surface area (Å²) in [6, 6.07) is 4.19. The lowest BCUT2D eigenvalue weighted by Gasteiger charge is -2.30. The van der Waals surface area contributed by atoms with Crippen LogP contribution in [0.3, 0.4) is 0 Å². The Hall–Kier alpha value is -1.42. The summed E-state index contributed by atoms with van der Waals surface area (Å²) >= 11 is 0. The summed E-state index contributed by atoms with van der Waals surface area (Å²) in [7, 11) is 0. The van der Waals surface area contributed by atoms with Crippen LogP contribution in [-0.2, 0) is 0 Å². The maximum atomic E-state index is 13.0. The van der Waals surface area contributed by atoms with Crippen LogP contribution in [0, 0.1) is 18.2 Å². The summed E-state index contributed by atoms with van der Waals surface area (Å²) in [5, 5.41) is 2.91. The quantitative estimate of drug-likeness (QED) is 0.831. The summed E-state index contributed by atoms with van der Waals surface area (Å²) in [5.41, 5.74) is 6.91. The van der Waals surface area contributed by atoms with Crippen molar-refractivity contribution in [1.29, 1.82) is 0 Å². The van der Waals surface area contributed by atoms with Crippen LogP contribution in [0.15, 0.2) is 18.2 Å². The van der Waals surface area contributed by atoms with E-state index in [1.807, 2.05) is 0 Å². The Balaban J connectivity index is 2.75. The van der Waals surface area contributed by atoms with Crippen LogP contribution in [0.1, 0.15) is 42.6 Å². The fourth-order valence-electron chi connectivity index (χ4n) is 2.11. The maximum absolute atomic E-state index is 13.0. The highest BCUT2D eigenvalue weighted by Crippen LogP contribution is 2.23. The molecule has 1 rings (SSSR count). The van der Waals surface area contributed by atoms with Crippen molar-refractivity contribution in [2.45, 2.75) is 33.6 Å². The Kier molecular flexibility index (Phi) is 5.48. The molecule has 0 aliphatic rings. The van der Waals surface area contributed by atoms with Crippen molar-refractivity contribution in [3.05, 3.63) is 35.1 Å². The van der Waals surface area contributed by atoms with Gasteiger partial charge in [0.25, 0.3) is 5.91 Å². The summed E-state index contributed by atoms with van der Waals surface area (Å²) in [5.74, 6) is -0.496. The van der Waals surface area contributed by atoms with Crippen LogP contribution in [0.2, 0.25) is 0 Å². The lowest BCUT2D eigenvalue weighted by Crippen LogP contribution is -2.42. The second-order valence-corrected chi connectivity index (χ2v) is 5.05. The van der Waals surface area contributed by atoms with E-state index in [1.165, 1.54) is 18.2 Å². The SMILES string of the molecule is CCC(CC)(CN)CNC(=O)c1ccc(F)cc1C. The topological polar surface area (TPSA) is 55.1 Å². The lowest BCUT2D eigenvalue weighted by atomic mass is 9.82. The number of hydrogen-bond donors (Lipinski definition) is 2. The molecule has 1 aromatic rings. The number of nitrogens with two attached hydrogens (primary N) is 1. The summed E-state index contributed by atoms with van der Waals surface area (Å²) in [6.07, 6.45) is 1.84. The minimum absolute atomic E-state index is 0.0520. The van der Waals surface area contributed by atoms with Crippen molar-refractivity contribution in [1.82, 2.24) is 5.32 Å². The Morgan fingerprint density at radius 3 is 2.47 bits per heavy atom. The summed E-state index contributed by atoms with van der Waals surface area (Å²) < 4.78 is 13.0. The fourth-order valence-corrected chi connectivity index (χ4v) is 2.11. The number of halogens is 1. The number of hydrogen-bond acceptors (Lipinski definition) is 2. The van der Waals surface area contributed by atoms with Crippen LogP contribution in [-0.4, -0.2) is 19.0 Å². The first-order chi connectivity index (χ1) is 8.98. The Labute approximate surface area is 114 Å². The fraction of sp³-hybridized carbons (Fsp3) is 0.533. The average molecular weight is 266 g/mol. The van der Waals surface area contributed by atoms with E-state index in [-0.39, 0.29) is 17.1 Å². The van der Waals surface area contributed by atoms with E-state index in [1.54, 1.807) is 6.92 Å². The van der Waals surface area contributed by atoms with Crippen molar-refractivity contribution < 1.29 is 9.18 Å². The molecule has 106 valence electrons. The molecule has 1 amide bonds. The molecule has 0 bridgehead atoms. The maximum Gasteiger partial charge on any atom is 0.251 e. The molecular weight excluding hydrogens is 243 g/mol. The highest BCUT2D eigenvalue weighted by Gasteiger charge is 2.25. The second-order valence-electron chi connectivity index (χ2n) is 5.05. The smallest absolute Gasteiger partial charge is 0.251 e. The molecule has 1 aromatic carbocycles. The van der Waals surface area contributed by atoms with Gasteiger partial charge in [-0.2, -0.15) is 0 Å². The van der Waals surface area contributed by atoms with E-state index >= 15 is 0 Å². The van der Waals surface area contributed by atoms with Crippen molar-refractivity contribution in [3.8, 4) is 0 Å². The van der Waals surface area contributed by atoms with Crippen LogP contribution < -0.4 is 11.1 Å². The van der Waals surface area contributed by atoms with Gasteiger partial charge in [0.2, 0.25) is 0 Å². The molecule has 0 radical (unpaired) electrons. The third-order valence-corrected chi connectivity index (χ3v) is 3.99. The minimum atomic E-state index is -0.326. The van der Waals surface area contributed by atoms with E-state index < -0.39 is 0 Å². The van der Waals surface area contributed by atoms with E-state index in [0.29, 0.717) is 24.2 Å². The Bertz CT molecular complexity index is 434. The zero-order valence-electron chi connectivity index (χ0n) is 11.9. The summed E-state index contributed by atoms with van der Waals surface area (Å²) in [4.78, 5) is 12.1. The highest BCUT2D eigenvalue weighted by atomic mass is 19.1.